The molecule has 0 spiro atoms. The van der Waals surface area contributed by atoms with E-state index in [2.05, 4.69) is 14.4 Å². The number of aryl methyl sites for hydroxylation is 1. The second-order valence-corrected chi connectivity index (χ2v) is 13.6. The number of nitrogens with one attached hydrogen (secondary N) is 2. The highest BCUT2D eigenvalue weighted by Crippen LogP contribution is 2.33. The lowest BCUT2D eigenvalue weighted by Crippen LogP contribution is -2.33. The minimum Gasteiger partial charge on any atom is -0.506 e. The number of amidine groups is 1. The summed E-state index contributed by atoms with van der Waals surface area (Å²) >= 11 is 0. The molecule has 0 fully saturated rings. The summed E-state index contributed by atoms with van der Waals surface area (Å²) < 4.78 is 56.6. The van der Waals surface area contributed by atoms with Gasteiger partial charge in [-0.05, 0) is 36.0 Å². The molecule has 36 heavy (non-hydrogen) atoms. The van der Waals surface area contributed by atoms with Crippen LogP contribution in [0.4, 0.5) is 11.4 Å². The van der Waals surface area contributed by atoms with Gasteiger partial charge in [0.2, 0.25) is 10.0 Å². The van der Waals surface area contributed by atoms with Crippen molar-refractivity contribution in [3.8, 4) is 5.75 Å². The molecule has 0 saturated heterocycles. The summed E-state index contributed by atoms with van der Waals surface area (Å²) in [7, 11) is -7.95. The number of fused-ring (bicyclic) bond motifs is 1. The largest absolute Gasteiger partial charge is 0.506 e. The molecule has 1 aliphatic heterocycles. The first-order valence-corrected chi connectivity index (χ1v) is 14.7. The van der Waals surface area contributed by atoms with Crippen LogP contribution in [0.15, 0.2) is 44.6 Å². The van der Waals surface area contributed by atoms with Crippen molar-refractivity contribution in [1.82, 2.24) is 4.57 Å². The van der Waals surface area contributed by atoms with Gasteiger partial charge in [0.15, 0.2) is 5.84 Å². The van der Waals surface area contributed by atoms with Crippen molar-refractivity contribution < 1.29 is 21.9 Å². The standard InChI is InChI=1S/C24H32N4O6S2/c1-15(2)10-12-28-14-16(9-11-24(3,4)5)21(29)20(23(28)30)22-25-18-8-7-17(26-35(6,31)32)13-19(18)36(33,34)27-22/h7-9,11,13-15,26,29H,10,12H2,1-6H3,(H,25,27)/b11-9+. The first kappa shape index (κ1) is 27.5. The number of rotatable bonds is 7. The molecule has 1 aliphatic rings. The fourth-order valence-corrected chi connectivity index (χ4v) is 5.16. The number of anilines is 2. The fraction of sp³-hybridized carbons (Fsp3) is 0.417. The lowest BCUT2D eigenvalue weighted by atomic mass is 9.95. The summed E-state index contributed by atoms with van der Waals surface area (Å²) in [5.41, 5.74) is -0.547. The van der Waals surface area contributed by atoms with Crippen molar-refractivity contribution in [2.24, 2.45) is 15.7 Å². The van der Waals surface area contributed by atoms with Crippen LogP contribution in [0.25, 0.3) is 6.08 Å². The van der Waals surface area contributed by atoms with Crippen LogP contribution in [-0.2, 0) is 26.6 Å². The summed E-state index contributed by atoms with van der Waals surface area (Å²) in [6.45, 7) is 10.4. The van der Waals surface area contributed by atoms with Crippen molar-refractivity contribution in [2.45, 2.75) is 52.5 Å². The van der Waals surface area contributed by atoms with Crippen molar-refractivity contribution in [2.75, 3.05) is 16.3 Å². The molecule has 10 nitrogen and oxygen atoms in total. The molecule has 0 atom stereocenters. The Kier molecular flexibility index (Phi) is 7.43. The number of hydrogen-bond donors (Lipinski definition) is 3. The van der Waals surface area contributed by atoms with Crippen LogP contribution in [-0.4, -0.2) is 38.6 Å². The second kappa shape index (κ2) is 9.74. The van der Waals surface area contributed by atoms with Gasteiger partial charge in [-0.25, -0.2) is 8.42 Å². The zero-order valence-corrected chi connectivity index (χ0v) is 22.8. The highest BCUT2D eigenvalue weighted by atomic mass is 32.2. The second-order valence-electron chi connectivity index (χ2n) is 10.3. The van der Waals surface area contributed by atoms with Crippen LogP contribution < -0.4 is 15.6 Å². The third kappa shape index (κ3) is 6.55. The molecule has 0 radical (unpaired) electrons. The first-order valence-electron chi connectivity index (χ1n) is 11.4. The van der Waals surface area contributed by atoms with Crippen molar-refractivity contribution in [3.63, 3.8) is 0 Å². The third-order valence-corrected chi connectivity index (χ3v) is 7.18. The van der Waals surface area contributed by atoms with Gasteiger partial charge in [-0.1, -0.05) is 46.8 Å². The molecule has 196 valence electrons. The molecular weight excluding hydrogens is 504 g/mol. The SMILES string of the molecule is CC(C)CCn1cc(/C=C/C(C)(C)C)c(O)c(C2=NS(=O)(=O)c3cc(NS(C)(=O)=O)ccc3N2)c1=O. The van der Waals surface area contributed by atoms with Gasteiger partial charge in [0.25, 0.3) is 15.6 Å². The monoisotopic (exact) mass is 536 g/mol. The van der Waals surface area contributed by atoms with Crippen LogP contribution >= 0.6 is 0 Å². The molecule has 3 N–H and O–H groups in total. The molecule has 3 rings (SSSR count). The number of sulfonamides is 2. The Morgan fingerprint density at radius 2 is 1.92 bits per heavy atom. The highest BCUT2D eigenvalue weighted by molar-refractivity contribution is 7.92. The Bertz CT molecular complexity index is 1510. The zero-order valence-electron chi connectivity index (χ0n) is 21.2. The lowest BCUT2D eigenvalue weighted by Gasteiger charge is -2.21. The third-order valence-electron chi connectivity index (χ3n) is 5.25. The molecule has 0 bridgehead atoms. The summed E-state index contributed by atoms with van der Waals surface area (Å²) in [5, 5.41) is 13.9. The molecule has 2 heterocycles. The predicted octanol–water partition coefficient (Wildman–Crippen LogP) is 3.59. The molecule has 0 saturated carbocycles. The van der Waals surface area contributed by atoms with Crippen molar-refractivity contribution in [3.05, 3.63) is 52.0 Å². The van der Waals surface area contributed by atoms with E-state index < -0.39 is 25.6 Å². The number of aromatic nitrogens is 1. The normalized spacial score (nSPS) is 15.5. The van der Waals surface area contributed by atoms with E-state index in [-0.39, 0.29) is 38.8 Å². The Hall–Kier alpha value is -3.12. The van der Waals surface area contributed by atoms with E-state index >= 15 is 0 Å². The summed E-state index contributed by atoms with van der Waals surface area (Å²) in [6.07, 6.45) is 6.77. The summed E-state index contributed by atoms with van der Waals surface area (Å²) in [5.74, 6) is -0.380. The molecule has 12 heteroatoms. The van der Waals surface area contributed by atoms with Gasteiger partial charge in [-0.15, -0.1) is 4.40 Å². The van der Waals surface area contributed by atoms with Crippen LogP contribution in [0.2, 0.25) is 0 Å². The first-order chi connectivity index (χ1) is 16.5. The predicted molar refractivity (Wildman–Crippen MR) is 143 cm³/mol. The zero-order chi connectivity index (χ0) is 27.1. The average Bonchev–Trinajstić information content (AvgIpc) is 2.70. The summed E-state index contributed by atoms with van der Waals surface area (Å²) in [4.78, 5) is 13.1. The van der Waals surface area contributed by atoms with Gasteiger partial charge in [0, 0.05) is 24.0 Å². The van der Waals surface area contributed by atoms with Gasteiger partial charge in [-0.3, -0.25) is 9.52 Å². The van der Waals surface area contributed by atoms with Crippen molar-refractivity contribution >= 4 is 43.3 Å². The van der Waals surface area contributed by atoms with E-state index in [9.17, 15) is 26.7 Å². The lowest BCUT2D eigenvalue weighted by molar-refractivity contribution is 0.462. The Morgan fingerprint density at radius 3 is 2.50 bits per heavy atom. The Morgan fingerprint density at radius 1 is 1.25 bits per heavy atom. The molecule has 0 amide bonds. The average molecular weight is 537 g/mol. The topological polar surface area (TPSA) is 147 Å². The molecule has 1 aromatic heterocycles. The van der Waals surface area contributed by atoms with E-state index in [1.807, 2.05) is 40.7 Å². The van der Waals surface area contributed by atoms with E-state index in [1.54, 1.807) is 12.3 Å². The maximum Gasteiger partial charge on any atom is 0.286 e. The van der Waals surface area contributed by atoms with Crippen LogP contribution in [0.3, 0.4) is 0 Å². The number of hydrogen-bond acceptors (Lipinski definition) is 7. The number of pyridine rings is 1. The number of aromatic hydroxyl groups is 1. The van der Waals surface area contributed by atoms with Gasteiger partial charge < -0.3 is 15.0 Å². The minimum atomic E-state index is -4.32. The molecule has 0 aliphatic carbocycles. The quantitative estimate of drug-likeness (QED) is 0.490. The van der Waals surface area contributed by atoms with E-state index in [4.69, 9.17) is 0 Å². The van der Waals surface area contributed by atoms with Crippen molar-refractivity contribution in [1.29, 1.82) is 0 Å². The smallest absolute Gasteiger partial charge is 0.286 e. The molecule has 2 aromatic rings. The van der Waals surface area contributed by atoms with Gasteiger partial charge in [0.05, 0.1) is 11.9 Å². The van der Waals surface area contributed by atoms with E-state index in [0.717, 1.165) is 12.3 Å². The highest BCUT2D eigenvalue weighted by Gasteiger charge is 2.30. The molecular formula is C24H32N4O6S2. The van der Waals surface area contributed by atoms with Gasteiger partial charge >= 0.3 is 0 Å². The van der Waals surface area contributed by atoms with E-state index in [1.165, 1.54) is 16.7 Å². The number of nitrogens with zero attached hydrogens (tertiary/aromatic N) is 2. The van der Waals surface area contributed by atoms with Gasteiger partial charge in [0.1, 0.15) is 16.2 Å². The van der Waals surface area contributed by atoms with Crippen LogP contribution in [0.5, 0.6) is 5.75 Å². The Balaban J connectivity index is 2.18. The molecule has 0 unspecified atom stereocenters. The number of allylic oxidation sites excluding steroid dienone is 1. The summed E-state index contributed by atoms with van der Waals surface area (Å²) in [6, 6.07) is 3.89. The molecule has 1 aromatic carbocycles. The number of benzene rings is 1. The van der Waals surface area contributed by atoms with E-state index in [0.29, 0.717) is 24.4 Å². The van der Waals surface area contributed by atoms with Crippen LogP contribution in [0.1, 0.15) is 52.2 Å². The maximum absolute atomic E-state index is 13.4. The Labute approximate surface area is 211 Å². The van der Waals surface area contributed by atoms with Crippen LogP contribution in [0, 0.1) is 11.3 Å². The minimum absolute atomic E-state index is 0.0495. The van der Waals surface area contributed by atoms with Gasteiger partial charge in [-0.2, -0.15) is 8.42 Å². The maximum atomic E-state index is 13.4. The fourth-order valence-electron chi connectivity index (χ4n) is 3.46.